The summed E-state index contributed by atoms with van der Waals surface area (Å²) >= 11 is 0. The molecule has 0 aliphatic carbocycles. The zero-order valence-corrected chi connectivity index (χ0v) is 12.7. The molecule has 0 spiro atoms. The quantitative estimate of drug-likeness (QED) is 0.565. The van der Waals surface area contributed by atoms with Crippen molar-refractivity contribution in [2.45, 2.75) is 18.2 Å². The van der Waals surface area contributed by atoms with Gasteiger partial charge in [-0.25, -0.2) is 8.42 Å². The highest BCUT2D eigenvalue weighted by Crippen LogP contribution is 2.30. The molecule has 0 aromatic heterocycles. The van der Waals surface area contributed by atoms with E-state index in [9.17, 15) is 18.5 Å². The maximum atomic E-state index is 12.6. The second kappa shape index (κ2) is 7.34. The van der Waals surface area contributed by atoms with Crippen LogP contribution in [0.3, 0.4) is 0 Å². The van der Waals surface area contributed by atoms with Gasteiger partial charge in [0, 0.05) is 25.2 Å². The molecule has 0 saturated carbocycles. The number of aliphatic hydroxyl groups is 1. The first-order valence-corrected chi connectivity index (χ1v) is 7.76. The van der Waals surface area contributed by atoms with Crippen LogP contribution >= 0.6 is 0 Å². The molecule has 0 amide bonds. The Morgan fingerprint density at radius 3 is 2.52 bits per heavy atom. The zero-order valence-electron chi connectivity index (χ0n) is 11.9. The van der Waals surface area contributed by atoms with Crippen LogP contribution in [0.2, 0.25) is 0 Å². The highest BCUT2D eigenvalue weighted by molar-refractivity contribution is 7.89. The maximum absolute atomic E-state index is 12.6. The van der Waals surface area contributed by atoms with E-state index in [-0.39, 0.29) is 36.0 Å². The summed E-state index contributed by atoms with van der Waals surface area (Å²) in [5, 5.41) is 19.8. The lowest BCUT2D eigenvalue weighted by molar-refractivity contribution is -0.385. The van der Waals surface area contributed by atoms with E-state index in [0.29, 0.717) is 6.42 Å². The van der Waals surface area contributed by atoms with Gasteiger partial charge in [0.25, 0.3) is 5.69 Å². The topological polar surface area (TPSA) is 110 Å². The summed E-state index contributed by atoms with van der Waals surface area (Å²) in [5.74, 6) is 0.0274. The highest BCUT2D eigenvalue weighted by Gasteiger charge is 2.28. The van der Waals surface area contributed by atoms with Crippen molar-refractivity contribution in [3.05, 3.63) is 28.3 Å². The number of rotatable bonds is 8. The summed E-state index contributed by atoms with van der Waals surface area (Å²) in [6.07, 6.45) is 0.552. The number of benzene rings is 1. The molecule has 1 rings (SSSR count). The number of nitro groups is 1. The summed E-state index contributed by atoms with van der Waals surface area (Å²) < 4.78 is 31.2. The Morgan fingerprint density at radius 2 is 2.05 bits per heavy atom. The molecule has 1 N–H and O–H groups in total. The van der Waals surface area contributed by atoms with E-state index < -0.39 is 14.9 Å². The third-order valence-corrected chi connectivity index (χ3v) is 4.72. The third kappa shape index (κ3) is 3.90. The van der Waals surface area contributed by atoms with Gasteiger partial charge in [-0.3, -0.25) is 10.1 Å². The Morgan fingerprint density at radius 1 is 1.38 bits per heavy atom. The summed E-state index contributed by atoms with van der Waals surface area (Å²) in [5.41, 5.74) is -0.338. The van der Waals surface area contributed by atoms with Crippen molar-refractivity contribution in [3.8, 4) is 5.75 Å². The van der Waals surface area contributed by atoms with Gasteiger partial charge in [0.2, 0.25) is 10.0 Å². The molecule has 9 heteroatoms. The van der Waals surface area contributed by atoms with Crippen molar-refractivity contribution >= 4 is 15.7 Å². The SMILES string of the molecule is CCCN(CCO)S(=O)(=O)c1cc([N+](=O)[O-])ccc1OC. The lowest BCUT2D eigenvalue weighted by atomic mass is 10.3. The Balaban J connectivity index is 3.39. The van der Waals surface area contributed by atoms with Gasteiger partial charge in [0.05, 0.1) is 18.6 Å². The lowest BCUT2D eigenvalue weighted by Gasteiger charge is -2.21. The summed E-state index contributed by atoms with van der Waals surface area (Å²) in [4.78, 5) is 9.87. The number of hydrogen-bond donors (Lipinski definition) is 1. The van der Waals surface area contributed by atoms with Crippen LogP contribution in [-0.4, -0.2) is 49.6 Å². The van der Waals surface area contributed by atoms with Crippen LogP contribution in [0.4, 0.5) is 5.69 Å². The minimum Gasteiger partial charge on any atom is -0.495 e. The van der Waals surface area contributed by atoms with E-state index in [1.165, 1.54) is 19.2 Å². The maximum Gasteiger partial charge on any atom is 0.271 e. The largest absolute Gasteiger partial charge is 0.495 e. The molecule has 0 atom stereocenters. The first-order chi connectivity index (χ1) is 9.88. The van der Waals surface area contributed by atoms with Gasteiger partial charge in [0.15, 0.2) is 0 Å². The van der Waals surface area contributed by atoms with Gasteiger partial charge in [-0.2, -0.15) is 4.31 Å². The minimum absolute atomic E-state index is 0.0274. The molecule has 0 fully saturated rings. The molecule has 0 radical (unpaired) electrons. The number of nitrogens with zero attached hydrogens (tertiary/aromatic N) is 2. The molecule has 1 aromatic rings. The monoisotopic (exact) mass is 318 g/mol. The van der Waals surface area contributed by atoms with Crippen LogP contribution in [-0.2, 0) is 10.0 Å². The van der Waals surface area contributed by atoms with Gasteiger partial charge >= 0.3 is 0 Å². The van der Waals surface area contributed by atoms with Crippen LogP contribution in [0.25, 0.3) is 0 Å². The van der Waals surface area contributed by atoms with Crippen LogP contribution in [0, 0.1) is 10.1 Å². The molecule has 8 nitrogen and oxygen atoms in total. The molecule has 21 heavy (non-hydrogen) atoms. The first kappa shape index (κ1) is 17.3. The number of methoxy groups -OCH3 is 1. The lowest BCUT2D eigenvalue weighted by Crippen LogP contribution is -2.34. The van der Waals surface area contributed by atoms with Crippen molar-refractivity contribution < 1.29 is 23.2 Å². The first-order valence-electron chi connectivity index (χ1n) is 6.31. The molecule has 0 aliphatic heterocycles. The Hall–Kier alpha value is -1.71. The van der Waals surface area contributed by atoms with Gasteiger partial charge in [-0.15, -0.1) is 0 Å². The summed E-state index contributed by atoms with van der Waals surface area (Å²) in [7, 11) is -2.69. The average molecular weight is 318 g/mol. The normalized spacial score (nSPS) is 11.6. The van der Waals surface area contributed by atoms with E-state index >= 15 is 0 Å². The molecule has 0 aliphatic rings. The van der Waals surface area contributed by atoms with E-state index in [0.717, 1.165) is 10.4 Å². The van der Waals surface area contributed by atoms with Crippen LogP contribution in [0.1, 0.15) is 13.3 Å². The Bertz CT molecular complexity index is 596. The highest BCUT2D eigenvalue weighted by atomic mass is 32.2. The molecule has 0 heterocycles. The van der Waals surface area contributed by atoms with Gasteiger partial charge < -0.3 is 9.84 Å². The molecule has 0 saturated heterocycles. The molecule has 0 unspecified atom stereocenters. The minimum atomic E-state index is -3.98. The van der Waals surface area contributed by atoms with Crippen LogP contribution < -0.4 is 4.74 Å². The zero-order chi connectivity index (χ0) is 16.0. The van der Waals surface area contributed by atoms with Crippen molar-refractivity contribution in [2.24, 2.45) is 0 Å². The molecular formula is C12H18N2O6S. The number of aliphatic hydroxyl groups excluding tert-OH is 1. The summed E-state index contributed by atoms with van der Waals surface area (Å²) in [6, 6.07) is 3.39. The fourth-order valence-corrected chi connectivity index (χ4v) is 3.53. The van der Waals surface area contributed by atoms with Crippen LogP contribution in [0.5, 0.6) is 5.75 Å². The van der Waals surface area contributed by atoms with E-state index in [1.807, 2.05) is 0 Å². The van der Waals surface area contributed by atoms with E-state index in [4.69, 9.17) is 9.84 Å². The Labute approximate surface area is 123 Å². The summed E-state index contributed by atoms with van der Waals surface area (Å²) in [6.45, 7) is 1.58. The van der Waals surface area contributed by atoms with Crippen molar-refractivity contribution in [2.75, 3.05) is 26.8 Å². The van der Waals surface area contributed by atoms with Gasteiger partial charge in [-0.1, -0.05) is 6.92 Å². The Kier molecular flexibility index (Phi) is 6.06. The number of ether oxygens (including phenoxy) is 1. The molecule has 118 valence electrons. The predicted molar refractivity (Wildman–Crippen MR) is 75.8 cm³/mol. The van der Waals surface area contributed by atoms with Crippen molar-refractivity contribution in [3.63, 3.8) is 0 Å². The van der Waals surface area contributed by atoms with Gasteiger partial charge in [0.1, 0.15) is 10.6 Å². The number of hydrogen-bond acceptors (Lipinski definition) is 6. The third-order valence-electron chi connectivity index (χ3n) is 2.80. The predicted octanol–water partition coefficient (Wildman–Crippen LogP) is 0.996. The molecule has 1 aromatic carbocycles. The fraction of sp³-hybridized carbons (Fsp3) is 0.500. The molecular weight excluding hydrogens is 300 g/mol. The van der Waals surface area contributed by atoms with Gasteiger partial charge in [-0.05, 0) is 12.5 Å². The number of sulfonamides is 1. The fourth-order valence-electron chi connectivity index (χ4n) is 1.83. The standard InChI is InChI=1S/C12H18N2O6S/c1-3-6-13(7-8-15)21(18,19)12-9-10(14(16)17)4-5-11(12)20-2/h4-5,9,15H,3,6-8H2,1-2H3. The van der Waals surface area contributed by atoms with E-state index in [1.54, 1.807) is 6.92 Å². The average Bonchev–Trinajstić information content (AvgIpc) is 2.46. The number of nitro benzene ring substituents is 1. The smallest absolute Gasteiger partial charge is 0.271 e. The van der Waals surface area contributed by atoms with Crippen molar-refractivity contribution in [1.82, 2.24) is 4.31 Å². The molecule has 0 bridgehead atoms. The second-order valence-electron chi connectivity index (χ2n) is 4.22. The second-order valence-corrected chi connectivity index (χ2v) is 6.13. The van der Waals surface area contributed by atoms with Crippen LogP contribution in [0.15, 0.2) is 23.1 Å². The van der Waals surface area contributed by atoms with E-state index in [2.05, 4.69) is 0 Å². The van der Waals surface area contributed by atoms with Crippen molar-refractivity contribution in [1.29, 1.82) is 0 Å². The number of non-ortho nitro benzene ring substituents is 1.